The van der Waals surface area contributed by atoms with E-state index in [-0.39, 0.29) is 0 Å². The molecule has 1 atom stereocenters. The summed E-state index contributed by atoms with van der Waals surface area (Å²) in [5, 5.41) is 10.1. The predicted octanol–water partition coefficient (Wildman–Crippen LogP) is 15.4. The molecule has 4 N–H and O–H groups in total. The van der Waals surface area contributed by atoms with E-state index in [2.05, 4.69) is 211 Å². The molecule has 66 heavy (non-hydrogen) atoms. The Kier molecular flexibility index (Phi) is 7.65. The highest BCUT2D eigenvalue weighted by molar-refractivity contribution is 6.12. The van der Waals surface area contributed by atoms with Gasteiger partial charge < -0.3 is 20.8 Å². The third-order valence-corrected chi connectivity index (χ3v) is 14.7. The molecule has 4 nitrogen and oxygen atoms in total. The van der Waals surface area contributed by atoms with E-state index in [4.69, 9.17) is 10.2 Å². The SMILES string of the molecule is Nc1ccc2c(oc3ccccc32)c1Nc1cccc2c1-c1ccccc1C21c2ccccc2-c2c(Nc3cccc4c3-c3ccccc3C4(c3ccccc3)c3ccccc3)cccc21. The van der Waals surface area contributed by atoms with Gasteiger partial charge in [0.25, 0.3) is 0 Å². The third-order valence-electron chi connectivity index (χ3n) is 14.7. The van der Waals surface area contributed by atoms with Crippen molar-refractivity contribution in [3.05, 3.63) is 269 Å². The number of nitrogens with one attached hydrogen (secondary N) is 2. The number of furan rings is 1. The Hall–Kier alpha value is -8.60. The van der Waals surface area contributed by atoms with E-state index < -0.39 is 10.8 Å². The van der Waals surface area contributed by atoms with E-state index in [9.17, 15) is 0 Å². The predicted molar refractivity (Wildman–Crippen MR) is 271 cm³/mol. The topological polar surface area (TPSA) is 63.2 Å². The van der Waals surface area contributed by atoms with Crippen LogP contribution in [0.2, 0.25) is 0 Å². The number of fused-ring (bicyclic) bond motifs is 16. The number of benzene rings is 10. The molecule has 10 aromatic carbocycles. The van der Waals surface area contributed by atoms with E-state index in [1.165, 1.54) is 72.3 Å². The van der Waals surface area contributed by atoms with Crippen LogP contribution >= 0.6 is 0 Å². The summed E-state index contributed by atoms with van der Waals surface area (Å²) in [5.74, 6) is 0. The second kappa shape index (κ2) is 13.7. The van der Waals surface area contributed by atoms with Gasteiger partial charge in [0.1, 0.15) is 11.3 Å². The maximum Gasteiger partial charge on any atom is 0.160 e. The lowest BCUT2D eigenvalue weighted by Gasteiger charge is -2.34. The van der Waals surface area contributed by atoms with Crippen molar-refractivity contribution < 1.29 is 4.42 Å². The average molecular weight is 844 g/mol. The summed E-state index contributed by atoms with van der Waals surface area (Å²) in [5.41, 5.74) is 29.2. The molecule has 3 aliphatic carbocycles. The molecule has 310 valence electrons. The first-order valence-electron chi connectivity index (χ1n) is 22.7. The standard InChI is InChI=1S/C62H41N3O/c63-51-37-36-41-40-22-10-14-35-55(40)66-60(41)59(51)65-54-34-17-31-50-58(54)44-25-9-13-28-47(44)62(50)46-27-12-8-24-43(46)57-49(62)30-16-33-53(57)64-52-32-15-29-48-56(52)42-23-7-11-26-45(42)61(48,38-18-3-1-4-19-38)39-20-5-2-6-21-39/h1-37,64-65H,63H2. The Balaban J connectivity index is 0.968. The Morgan fingerprint density at radius 3 is 1.30 bits per heavy atom. The van der Waals surface area contributed by atoms with Gasteiger partial charge in [0.2, 0.25) is 0 Å². The van der Waals surface area contributed by atoms with Crippen molar-refractivity contribution in [2.75, 3.05) is 16.4 Å². The van der Waals surface area contributed by atoms with E-state index in [1.54, 1.807) is 0 Å². The Morgan fingerprint density at radius 1 is 0.333 bits per heavy atom. The molecule has 14 rings (SSSR count). The Bertz CT molecular complexity index is 3750. The Morgan fingerprint density at radius 2 is 0.758 bits per heavy atom. The van der Waals surface area contributed by atoms with Gasteiger partial charge in [-0.05, 0) is 97.6 Å². The van der Waals surface area contributed by atoms with Crippen LogP contribution in [-0.2, 0) is 10.8 Å². The molecule has 1 aromatic heterocycles. The van der Waals surface area contributed by atoms with E-state index in [1.807, 2.05) is 24.3 Å². The fraction of sp³-hybridized carbons (Fsp3) is 0.0323. The number of nitrogen functional groups attached to an aromatic ring is 1. The molecule has 0 saturated carbocycles. The number of hydrogen-bond acceptors (Lipinski definition) is 4. The molecule has 1 unspecified atom stereocenters. The summed E-state index contributed by atoms with van der Waals surface area (Å²) in [7, 11) is 0. The van der Waals surface area contributed by atoms with E-state index in [0.29, 0.717) is 5.69 Å². The zero-order valence-corrected chi connectivity index (χ0v) is 35.8. The fourth-order valence-electron chi connectivity index (χ4n) is 12.3. The molecule has 4 heteroatoms. The number of hydrogen-bond donors (Lipinski definition) is 3. The van der Waals surface area contributed by atoms with Gasteiger partial charge >= 0.3 is 0 Å². The van der Waals surface area contributed by atoms with Gasteiger partial charge in [0.05, 0.1) is 16.5 Å². The summed E-state index contributed by atoms with van der Waals surface area (Å²) in [6.45, 7) is 0. The maximum absolute atomic E-state index is 6.82. The molecule has 0 bridgehead atoms. The lowest BCUT2D eigenvalue weighted by atomic mass is 9.68. The second-order valence-corrected chi connectivity index (χ2v) is 17.8. The van der Waals surface area contributed by atoms with Crippen molar-refractivity contribution in [2.45, 2.75) is 10.8 Å². The molecule has 0 fully saturated rings. The van der Waals surface area contributed by atoms with Gasteiger partial charge in [-0.1, -0.05) is 188 Å². The minimum absolute atomic E-state index is 0.495. The van der Waals surface area contributed by atoms with Crippen molar-refractivity contribution in [3.63, 3.8) is 0 Å². The fourth-order valence-corrected chi connectivity index (χ4v) is 12.3. The lowest BCUT2D eigenvalue weighted by Crippen LogP contribution is -2.28. The van der Waals surface area contributed by atoms with Crippen LogP contribution in [0.25, 0.3) is 55.3 Å². The van der Waals surface area contributed by atoms with Crippen molar-refractivity contribution >= 4 is 50.4 Å². The van der Waals surface area contributed by atoms with Crippen LogP contribution in [0.5, 0.6) is 0 Å². The van der Waals surface area contributed by atoms with Gasteiger partial charge in [-0.15, -0.1) is 0 Å². The quantitative estimate of drug-likeness (QED) is 0.146. The van der Waals surface area contributed by atoms with Crippen molar-refractivity contribution in [2.24, 2.45) is 0 Å². The zero-order valence-electron chi connectivity index (χ0n) is 35.8. The van der Waals surface area contributed by atoms with Crippen LogP contribution in [0.1, 0.15) is 44.5 Å². The zero-order chi connectivity index (χ0) is 43.6. The molecule has 11 aromatic rings. The smallest absolute Gasteiger partial charge is 0.160 e. The minimum Gasteiger partial charge on any atom is -0.454 e. The number of para-hydroxylation sites is 1. The first-order chi connectivity index (χ1) is 32.7. The number of nitrogens with two attached hydrogens (primary N) is 1. The van der Waals surface area contributed by atoms with Crippen LogP contribution in [0, 0.1) is 0 Å². The highest BCUT2D eigenvalue weighted by Crippen LogP contribution is 2.66. The summed E-state index contributed by atoms with van der Waals surface area (Å²) in [6.07, 6.45) is 0. The maximum atomic E-state index is 6.82. The van der Waals surface area contributed by atoms with Gasteiger partial charge in [0.15, 0.2) is 5.58 Å². The van der Waals surface area contributed by atoms with Crippen LogP contribution < -0.4 is 16.4 Å². The summed E-state index contributed by atoms with van der Waals surface area (Å²) in [6, 6.07) is 81.5. The first-order valence-corrected chi connectivity index (χ1v) is 22.7. The van der Waals surface area contributed by atoms with Crippen LogP contribution in [0.4, 0.5) is 28.4 Å². The van der Waals surface area contributed by atoms with Gasteiger partial charge in [-0.2, -0.15) is 0 Å². The lowest BCUT2D eigenvalue weighted by molar-refractivity contribution is 0.670. The van der Waals surface area contributed by atoms with Crippen molar-refractivity contribution in [1.82, 2.24) is 0 Å². The molecular formula is C62H41N3O. The van der Waals surface area contributed by atoms with Gasteiger partial charge in [-0.25, -0.2) is 0 Å². The molecular weight excluding hydrogens is 803 g/mol. The second-order valence-electron chi connectivity index (χ2n) is 17.8. The van der Waals surface area contributed by atoms with Crippen molar-refractivity contribution in [3.8, 4) is 33.4 Å². The molecule has 1 heterocycles. The van der Waals surface area contributed by atoms with Crippen molar-refractivity contribution in [1.29, 1.82) is 0 Å². The summed E-state index contributed by atoms with van der Waals surface area (Å²) < 4.78 is 6.53. The molecule has 0 amide bonds. The molecule has 0 radical (unpaired) electrons. The normalized spacial score (nSPS) is 15.5. The monoisotopic (exact) mass is 843 g/mol. The molecule has 0 aliphatic heterocycles. The number of rotatable bonds is 6. The molecule has 1 spiro atoms. The van der Waals surface area contributed by atoms with Gasteiger partial charge in [-0.3, -0.25) is 0 Å². The minimum atomic E-state index is -0.578. The van der Waals surface area contributed by atoms with Crippen LogP contribution in [0.3, 0.4) is 0 Å². The van der Waals surface area contributed by atoms with Gasteiger partial charge in [0, 0.05) is 44.5 Å². The van der Waals surface area contributed by atoms with E-state index in [0.717, 1.165) is 50.3 Å². The number of anilines is 5. The summed E-state index contributed by atoms with van der Waals surface area (Å²) in [4.78, 5) is 0. The highest BCUT2D eigenvalue weighted by atomic mass is 16.3. The van der Waals surface area contributed by atoms with E-state index >= 15 is 0 Å². The van der Waals surface area contributed by atoms with Crippen LogP contribution in [-0.4, -0.2) is 0 Å². The molecule has 3 aliphatic rings. The average Bonchev–Trinajstić information content (AvgIpc) is 4.09. The third kappa shape index (κ3) is 4.72. The Labute approximate surface area is 382 Å². The largest absolute Gasteiger partial charge is 0.454 e. The first kappa shape index (κ1) is 36.8. The van der Waals surface area contributed by atoms with Crippen LogP contribution in [0.15, 0.2) is 229 Å². The molecule has 0 saturated heterocycles. The highest BCUT2D eigenvalue weighted by Gasteiger charge is 2.53. The summed E-state index contributed by atoms with van der Waals surface area (Å²) >= 11 is 0.